The lowest BCUT2D eigenvalue weighted by atomic mass is 9.93. The molecule has 1 atom stereocenters. The highest BCUT2D eigenvalue weighted by Gasteiger charge is 2.32. The Bertz CT molecular complexity index is 204. The van der Waals surface area contributed by atoms with Crippen molar-refractivity contribution in [3.63, 3.8) is 0 Å². The summed E-state index contributed by atoms with van der Waals surface area (Å²) in [6.45, 7) is 10.1. The Morgan fingerprint density at radius 3 is 2.80 bits per heavy atom. The first-order valence-electron chi connectivity index (χ1n) is 6.30. The van der Waals surface area contributed by atoms with Gasteiger partial charge in [0.2, 0.25) is 0 Å². The Hall–Kier alpha value is -0.120. The van der Waals surface area contributed by atoms with Gasteiger partial charge < -0.3 is 10.1 Å². The Kier molecular flexibility index (Phi) is 3.65. The normalized spacial score (nSPS) is 35.6. The van der Waals surface area contributed by atoms with Crippen LogP contribution in [0.25, 0.3) is 0 Å². The van der Waals surface area contributed by atoms with Gasteiger partial charge in [0.1, 0.15) is 0 Å². The second-order valence-electron chi connectivity index (χ2n) is 5.16. The second-order valence-corrected chi connectivity index (χ2v) is 5.16. The number of rotatable bonds is 2. The van der Waals surface area contributed by atoms with Crippen molar-refractivity contribution < 1.29 is 4.74 Å². The minimum Gasteiger partial charge on any atom is -0.381 e. The Balaban J connectivity index is 1.91. The zero-order valence-electron chi connectivity index (χ0n) is 10.1. The van der Waals surface area contributed by atoms with Crippen LogP contribution in [0.15, 0.2) is 0 Å². The lowest BCUT2D eigenvalue weighted by molar-refractivity contribution is 0.0118. The molecule has 0 saturated carbocycles. The van der Waals surface area contributed by atoms with Crippen LogP contribution in [0.1, 0.15) is 33.1 Å². The topological polar surface area (TPSA) is 24.5 Å². The molecular formula is C12H24N2O. The van der Waals surface area contributed by atoms with Crippen molar-refractivity contribution in [2.75, 3.05) is 32.8 Å². The van der Waals surface area contributed by atoms with E-state index in [1.807, 2.05) is 0 Å². The van der Waals surface area contributed by atoms with Crippen molar-refractivity contribution in [3.8, 4) is 0 Å². The Morgan fingerprint density at radius 2 is 2.13 bits per heavy atom. The van der Waals surface area contributed by atoms with Gasteiger partial charge in [-0.05, 0) is 26.2 Å². The third-order valence-electron chi connectivity index (χ3n) is 3.99. The fourth-order valence-corrected chi connectivity index (χ4v) is 2.68. The number of nitrogens with zero attached hydrogens (tertiary/aromatic N) is 1. The van der Waals surface area contributed by atoms with Gasteiger partial charge in [0.05, 0.1) is 0 Å². The molecule has 0 spiro atoms. The summed E-state index contributed by atoms with van der Waals surface area (Å²) in [6.07, 6.45) is 3.66. The standard InChI is InChI=1S/C12H24N2O/c1-3-12(2)10-14(7-6-13-12)11-4-8-15-9-5-11/h11,13H,3-10H2,1-2H3. The fraction of sp³-hybridized carbons (Fsp3) is 1.00. The number of nitrogens with one attached hydrogen (secondary N) is 1. The minimum absolute atomic E-state index is 0.330. The number of hydrogen-bond donors (Lipinski definition) is 1. The van der Waals surface area contributed by atoms with E-state index in [2.05, 4.69) is 24.1 Å². The first-order chi connectivity index (χ1) is 7.23. The van der Waals surface area contributed by atoms with Crippen molar-refractivity contribution in [2.45, 2.75) is 44.7 Å². The summed E-state index contributed by atoms with van der Waals surface area (Å²) < 4.78 is 5.43. The molecule has 15 heavy (non-hydrogen) atoms. The molecule has 0 aromatic rings. The molecule has 1 unspecified atom stereocenters. The molecule has 2 aliphatic heterocycles. The van der Waals surface area contributed by atoms with Gasteiger partial charge in [0, 0.05) is 44.4 Å². The molecule has 1 N–H and O–H groups in total. The molecular weight excluding hydrogens is 188 g/mol. The fourth-order valence-electron chi connectivity index (χ4n) is 2.68. The molecule has 2 heterocycles. The van der Waals surface area contributed by atoms with E-state index in [9.17, 15) is 0 Å². The van der Waals surface area contributed by atoms with Crippen LogP contribution in [-0.4, -0.2) is 49.3 Å². The summed E-state index contributed by atoms with van der Waals surface area (Å²) >= 11 is 0. The van der Waals surface area contributed by atoms with E-state index in [1.165, 1.54) is 32.4 Å². The van der Waals surface area contributed by atoms with Gasteiger partial charge in [-0.25, -0.2) is 0 Å². The molecule has 88 valence electrons. The van der Waals surface area contributed by atoms with Crippen LogP contribution >= 0.6 is 0 Å². The second kappa shape index (κ2) is 4.81. The predicted octanol–water partition coefficient (Wildman–Crippen LogP) is 1.24. The number of piperazine rings is 1. The molecule has 2 fully saturated rings. The maximum atomic E-state index is 5.43. The summed E-state index contributed by atoms with van der Waals surface area (Å²) in [5.41, 5.74) is 0.330. The predicted molar refractivity (Wildman–Crippen MR) is 62.1 cm³/mol. The molecule has 0 aromatic heterocycles. The smallest absolute Gasteiger partial charge is 0.0480 e. The quantitative estimate of drug-likeness (QED) is 0.745. The van der Waals surface area contributed by atoms with Crippen LogP contribution in [0.3, 0.4) is 0 Å². The third-order valence-corrected chi connectivity index (χ3v) is 3.99. The number of hydrogen-bond acceptors (Lipinski definition) is 3. The highest BCUT2D eigenvalue weighted by atomic mass is 16.5. The van der Waals surface area contributed by atoms with E-state index in [4.69, 9.17) is 4.74 Å². The van der Waals surface area contributed by atoms with Gasteiger partial charge in [-0.2, -0.15) is 0 Å². The molecule has 2 aliphatic rings. The average molecular weight is 212 g/mol. The van der Waals surface area contributed by atoms with Crippen molar-refractivity contribution in [3.05, 3.63) is 0 Å². The van der Waals surface area contributed by atoms with Crippen LogP contribution in [-0.2, 0) is 4.74 Å². The SMILES string of the molecule is CCC1(C)CN(C2CCOCC2)CCN1. The molecule has 0 amide bonds. The Labute approximate surface area is 93.2 Å². The van der Waals surface area contributed by atoms with Gasteiger partial charge in [-0.15, -0.1) is 0 Å². The van der Waals surface area contributed by atoms with E-state index >= 15 is 0 Å². The zero-order chi connectivity index (χ0) is 10.7. The summed E-state index contributed by atoms with van der Waals surface area (Å²) in [5, 5.41) is 3.64. The summed E-state index contributed by atoms with van der Waals surface area (Å²) in [4.78, 5) is 2.67. The van der Waals surface area contributed by atoms with Gasteiger partial charge in [-0.1, -0.05) is 6.92 Å². The van der Waals surface area contributed by atoms with Crippen LogP contribution in [0, 0.1) is 0 Å². The minimum atomic E-state index is 0.330. The van der Waals surface area contributed by atoms with Gasteiger partial charge >= 0.3 is 0 Å². The average Bonchev–Trinajstić information content (AvgIpc) is 2.30. The van der Waals surface area contributed by atoms with Gasteiger partial charge in [0.15, 0.2) is 0 Å². The van der Waals surface area contributed by atoms with Crippen molar-refractivity contribution in [1.29, 1.82) is 0 Å². The summed E-state index contributed by atoms with van der Waals surface area (Å²) in [5.74, 6) is 0. The maximum Gasteiger partial charge on any atom is 0.0480 e. The zero-order valence-corrected chi connectivity index (χ0v) is 10.1. The molecule has 0 bridgehead atoms. The molecule has 0 aliphatic carbocycles. The monoisotopic (exact) mass is 212 g/mol. The largest absolute Gasteiger partial charge is 0.381 e. The lowest BCUT2D eigenvalue weighted by Gasteiger charge is -2.45. The maximum absolute atomic E-state index is 5.43. The van der Waals surface area contributed by atoms with E-state index in [1.54, 1.807) is 0 Å². The Morgan fingerprint density at radius 1 is 1.40 bits per heavy atom. The molecule has 0 aromatic carbocycles. The van der Waals surface area contributed by atoms with Crippen LogP contribution < -0.4 is 5.32 Å². The van der Waals surface area contributed by atoms with Crippen molar-refractivity contribution >= 4 is 0 Å². The highest BCUT2D eigenvalue weighted by Crippen LogP contribution is 2.21. The third kappa shape index (κ3) is 2.71. The summed E-state index contributed by atoms with van der Waals surface area (Å²) in [6, 6.07) is 0.770. The molecule has 0 radical (unpaired) electrons. The van der Waals surface area contributed by atoms with Crippen LogP contribution in [0.2, 0.25) is 0 Å². The van der Waals surface area contributed by atoms with Gasteiger partial charge in [0.25, 0.3) is 0 Å². The lowest BCUT2D eigenvalue weighted by Crippen LogP contribution is -2.61. The molecule has 3 heteroatoms. The van der Waals surface area contributed by atoms with Gasteiger partial charge in [-0.3, -0.25) is 4.90 Å². The molecule has 2 saturated heterocycles. The number of ether oxygens (including phenoxy) is 1. The summed E-state index contributed by atoms with van der Waals surface area (Å²) in [7, 11) is 0. The van der Waals surface area contributed by atoms with Crippen LogP contribution in [0.4, 0.5) is 0 Å². The molecule has 3 nitrogen and oxygen atoms in total. The first kappa shape index (κ1) is 11.4. The van der Waals surface area contributed by atoms with E-state index in [0.717, 1.165) is 25.8 Å². The molecule has 2 rings (SSSR count). The van der Waals surface area contributed by atoms with E-state index in [0.29, 0.717) is 5.54 Å². The van der Waals surface area contributed by atoms with E-state index in [-0.39, 0.29) is 0 Å². The first-order valence-corrected chi connectivity index (χ1v) is 6.30. The van der Waals surface area contributed by atoms with Crippen molar-refractivity contribution in [2.24, 2.45) is 0 Å². The highest BCUT2D eigenvalue weighted by molar-refractivity contribution is 4.92. The van der Waals surface area contributed by atoms with E-state index < -0.39 is 0 Å². The van der Waals surface area contributed by atoms with Crippen LogP contribution in [0.5, 0.6) is 0 Å². The van der Waals surface area contributed by atoms with Crippen molar-refractivity contribution in [1.82, 2.24) is 10.2 Å².